The molecule has 0 unspecified atom stereocenters. The Morgan fingerprint density at radius 3 is 2.58 bits per heavy atom. The first kappa shape index (κ1) is 15.5. The lowest BCUT2D eigenvalue weighted by Gasteiger charge is -2.11. The molecule has 1 rings (SSSR count). The van der Waals surface area contributed by atoms with Gasteiger partial charge in [0.25, 0.3) is 0 Å². The third-order valence-corrected chi connectivity index (χ3v) is 2.65. The van der Waals surface area contributed by atoms with E-state index in [0.29, 0.717) is 36.2 Å². The maximum atomic E-state index is 10.7. The van der Waals surface area contributed by atoms with Gasteiger partial charge in [0.05, 0.1) is 13.7 Å². The minimum Gasteiger partial charge on any atom is -0.493 e. The molecule has 19 heavy (non-hydrogen) atoms. The zero-order valence-corrected chi connectivity index (χ0v) is 11.8. The van der Waals surface area contributed by atoms with Crippen molar-refractivity contribution in [3.05, 3.63) is 23.8 Å². The van der Waals surface area contributed by atoms with Crippen molar-refractivity contribution in [2.45, 2.75) is 20.3 Å². The molecule has 0 aromatic heterocycles. The summed E-state index contributed by atoms with van der Waals surface area (Å²) < 4.78 is 16.2. The molecule has 0 aliphatic heterocycles. The van der Waals surface area contributed by atoms with Crippen molar-refractivity contribution in [2.24, 2.45) is 5.92 Å². The summed E-state index contributed by atoms with van der Waals surface area (Å²) in [4.78, 5) is 10.7. The van der Waals surface area contributed by atoms with E-state index in [2.05, 4.69) is 13.8 Å². The fraction of sp³-hybridized carbons (Fsp3) is 0.533. The lowest BCUT2D eigenvalue weighted by molar-refractivity contribution is 0.0916. The van der Waals surface area contributed by atoms with E-state index in [4.69, 9.17) is 14.2 Å². The Hall–Kier alpha value is -1.55. The van der Waals surface area contributed by atoms with Crippen LogP contribution in [0.5, 0.6) is 11.5 Å². The summed E-state index contributed by atoms with van der Waals surface area (Å²) in [5, 5.41) is 0. The fourth-order valence-corrected chi connectivity index (χ4v) is 1.51. The number of hydrogen-bond acceptors (Lipinski definition) is 4. The molecule has 0 bridgehead atoms. The molecule has 0 atom stereocenters. The van der Waals surface area contributed by atoms with Crippen LogP contribution in [-0.2, 0) is 4.74 Å². The van der Waals surface area contributed by atoms with Gasteiger partial charge in [-0.2, -0.15) is 0 Å². The van der Waals surface area contributed by atoms with Crippen molar-refractivity contribution >= 4 is 6.29 Å². The summed E-state index contributed by atoms with van der Waals surface area (Å²) in [5.74, 6) is 1.83. The molecule has 0 heterocycles. The number of methoxy groups -OCH3 is 1. The highest BCUT2D eigenvalue weighted by Gasteiger charge is 2.05. The van der Waals surface area contributed by atoms with Crippen LogP contribution in [0.15, 0.2) is 18.2 Å². The molecular weight excluding hydrogens is 244 g/mol. The Bertz CT molecular complexity index is 388. The number of carbonyl (C=O) groups is 1. The maximum absolute atomic E-state index is 10.7. The minimum absolute atomic E-state index is 0.441. The Morgan fingerprint density at radius 1 is 1.16 bits per heavy atom. The Morgan fingerprint density at radius 2 is 1.95 bits per heavy atom. The molecular formula is C15H22O4. The molecule has 106 valence electrons. The standard InChI is InChI=1S/C15H22O4/c1-12(2)6-7-18-8-9-19-15-10-13(11-16)4-5-14(15)17-3/h4-5,10-12H,6-9H2,1-3H3. The lowest BCUT2D eigenvalue weighted by Crippen LogP contribution is -2.09. The van der Waals surface area contributed by atoms with Gasteiger partial charge in [-0.3, -0.25) is 4.79 Å². The van der Waals surface area contributed by atoms with Gasteiger partial charge >= 0.3 is 0 Å². The highest BCUT2D eigenvalue weighted by Crippen LogP contribution is 2.27. The van der Waals surface area contributed by atoms with Crippen molar-refractivity contribution in [3.8, 4) is 11.5 Å². The lowest BCUT2D eigenvalue weighted by atomic mass is 10.1. The minimum atomic E-state index is 0.441. The number of ether oxygens (including phenoxy) is 3. The van der Waals surface area contributed by atoms with Crippen molar-refractivity contribution in [3.63, 3.8) is 0 Å². The average Bonchev–Trinajstić information content (AvgIpc) is 2.42. The molecule has 0 fully saturated rings. The molecule has 0 radical (unpaired) electrons. The largest absolute Gasteiger partial charge is 0.493 e. The first-order valence-electron chi connectivity index (χ1n) is 6.51. The van der Waals surface area contributed by atoms with Crippen LogP contribution in [0, 0.1) is 5.92 Å². The van der Waals surface area contributed by atoms with Gasteiger partial charge in [-0.15, -0.1) is 0 Å². The van der Waals surface area contributed by atoms with Crippen LogP contribution in [0.2, 0.25) is 0 Å². The summed E-state index contributed by atoms with van der Waals surface area (Å²) in [5.41, 5.74) is 0.566. The second-order valence-electron chi connectivity index (χ2n) is 4.67. The molecule has 1 aromatic rings. The molecule has 4 heteroatoms. The van der Waals surface area contributed by atoms with Crippen molar-refractivity contribution < 1.29 is 19.0 Å². The second kappa shape index (κ2) is 8.53. The van der Waals surface area contributed by atoms with E-state index in [1.807, 2.05) is 0 Å². The van der Waals surface area contributed by atoms with Gasteiger partial charge in [-0.1, -0.05) is 13.8 Å². The molecule has 0 spiro atoms. The third kappa shape index (κ3) is 5.75. The highest BCUT2D eigenvalue weighted by molar-refractivity contribution is 5.76. The van der Waals surface area contributed by atoms with Crippen LogP contribution >= 0.6 is 0 Å². The molecule has 0 aliphatic carbocycles. The number of hydrogen-bond donors (Lipinski definition) is 0. The molecule has 0 saturated carbocycles. The topological polar surface area (TPSA) is 44.8 Å². The summed E-state index contributed by atoms with van der Waals surface area (Å²) >= 11 is 0. The predicted molar refractivity (Wildman–Crippen MR) is 74.2 cm³/mol. The normalized spacial score (nSPS) is 10.5. The quantitative estimate of drug-likeness (QED) is 0.509. The van der Waals surface area contributed by atoms with Gasteiger partial charge < -0.3 is 14.2 Å². The second-order valence-corrected chi connectivity index (χ2v) is 4.67. The van der Waals surface area contributed by atoms with Crippen LogP contribution in [0.3, 0.4) is 0 Å². The van der Waals surface area contributed by atoms with E-state index >= 15 is 0 Å². The van der Waals surface area contributed by atoms with E-state index in [-0.39, 0.29) is 0 Å². The number of aldehydes is 1. The first-order valence-corrected chi connectivity index (χ1v) is 6.51. The number of rotatable bonds is 9. The Labute approximate surface area is 114 Å². The van der Waals surface area contributed by atoms with Crippen LogP contribution in [0.25, 0.3) is 0 Å². The van der Waals surface area contributed by atoms with Gasteiger partial charge in [0.2, 0.25) is 0 Å². The number of carbonyl (C=O) groups excluding carboxylic acids is 1. The van der Waals surface area contributed by atoms with Crippen molar-refractivity contribution in [1.82, 2.24) is 0 Å². The molecule has 0 N–H and O–H groups in total. The monoisotopic (exact) mass is 266 g/mol. The number of benzene rings is 1. The zero-order chi connectivity index (χ0) is 14.1. The third-order valence-electron chi connectivity index (χ3n) is 2.65. The van der Waals surface area contributed by atoms with Crippen LogP contribution in [-0.4, -0.2) is 33.2 Å². The summed E-state index contributed by atoms with van der Waals surface area (Å²) in [7, 11) is 1.57. The van der Waals surface area contributed by atoms with E-state index in [1.165, 1.54) is 0 Å². The summed E-state index contributed by atoms with van der Waals surface area (Å²) in [6, 6.07) is 5.08. The summed E-state index contributed by atoms with van der Waals surface area (Å²) in [6.07, 6.45) is 1.83. The molecule has 0 aliphatic rings. The molecule has 4 nitrogen and oxygen atoms in total. The van der Waals surface area contributed by atoms with E-state index in [9.17, 15) is 4.79 Å². The van der Waals surface area contributed by atoms with Crippen LogP contribution < -0.4 is 9.47 Å². The smallest absolute Gasteiger partial charge is 0.161 e. The van der Waals surface area contributed by atoms with Gasteiger partial charge in [-0.25, -0.2) is 0 Å². The molecule has 0 saturated heterocycles. The summed E-state index contributed by atoms with van der Waals surface area (Å²) in [6.45, 7) is 6.04. The average molecular weight is 266 g/mol. The van der Waals surface area contributed by atoms with Gasteiger partial charge in [0.1, 0.15) is 12.9 Å². The van der Waals surface area contributed by atoms with Crippen molar-refractivity contribution in [1.29, 1.82) is 0 Å². The molecule has 0 amide bonds. The Kier molecular flexibility index (Phi) is 6.97. The van der Waals surface area contributed by atoms with Crippen LogP contribution in [0.1, 0.15) is 30.6 Å². The SMILES string of the molecule is COc1ccc(C=O)cc1OCCOCCC(C)C. The first-order chi connectivity index (χ1) is 9.17. The fourth-order valence-electron chi connectivity index (χ4n) is 1.51. The van der Waals surface area contributed by atoms with E-state index < -0.39 is 0 Å². The molecule has 1 aromatic carbocycles. The Balaban J connectivity index is 2.37. The van der Waals surface area contributed by atoms with E-state index in [1.54, 1.807) is 25.3 Å². The van der Waals surface area contributed by atoms with Crippen LogP contribution in [0.4, 0.5) is 0 Å². The van der Waals surface area contributed by atoms with E-state index in [0.717, 1.165) is 19.3 Å². The maximum Gasteiger partial charge on any atom is 0.161 e. The van der Waals surface area contributed by atoms with Gasteiger partial charge in [0, 0.05) is 12.2 Å². The zero-order valence-electron chi connectivity index (χ0n) is 11.8. The predicted octanol–water partition coefficient (Wildman–Crippen LogP) is 2.95. The van der Waals surface area contributed by atoms with Gasteiger partial charge in [0.15, 0.2) is 11.5 Å². The highest BCUT2D eigenvalue weighted by atomic mass is 16.5. The van der Waals surface area contributed by atoms with Gasteiger partial charge in [-0.05, 0) is 30.5 Å². The van der Waals surface area contributed by atoms with Crippen molar-refractivity contribution in [2.75, 3.05) is 26.9 Å².